The summed E-state index contributed by atoms with van der Waals surface area (Å²) in [5.74, 6) is 4.04. The Kier molecular flexibility index (Phi) is 3.79. The van der Waals surface area contributed by atoms with Crippen molar-refractivity contribution in [3.8, 4) is 0 Å². The first-order chi connectivity index (χ1) is 11.0. The van der Waals surface area contributed by atoms with E-state index < -0.39 is 0 Å². The van der Waals surface area contributed by atoms with E-state index in [1.54, 1.807) is 0 Å². The van der Waals surface area contributed by atoms with Crippen LogP contribution in [-0.2, 0) is 9.59 Å². The quantitative estimate of drug-likeness (QED) is 0.750. The van der Waals surface area contributed by atoms with Gasteiger partial charge in [-0.05, 0) is 68.6 Å². The Morgan fingerprint density at radius 2 is 1.91 bits per heavy atom. The summed E-state index contributed by atoms with van der Waals surface area (Å²) in [7, 11) is 0. The van der Waals surface area contributed by atoms with Gasteiger partial charge in [0.2, 0.25) is 0 Å². The van der Waals surface area contributed by atoms with Crippen LogP contribution in [0.4, 0.5) is 0 Å². The largest absolute Gasteiger partial charge is 0.299 e. The van der Waals surface area contributed by atoms with E-state index in [0.717, 1.165) is 44.3 Å². The molecule has 4 aliphatic rings. The third kappa shape index (κ3) is 2.14. The molecule has 4 aliphatic carbocycles. The fraction of sp³-hybridized carbons (Fsp3) is 0.800. The van der Waals surface area contributed by atoms with E-state index in [9.17, 15) is 9.59 Å². The minimum Gasteiger partial charge on any atom is -0.299 e. The molecule has 23 heavy (non-hydrogen) atoms. The zero-order valence-corrected chi connectivity index (χ0v) is 15.2. The van der Waals surface area contributed by atoms with Gasteiger partial charge in [-0.15, -0.1) is 0 Å². The summed E-state index contributed by atoms with van der Waals surface area (Å²) in [4.78, 5) is 24.4. The number of Topliss-reactive ketones (excluding diaryl/α,β-unsaturated/α-hetero) is 1. The Morgan fingerprint density at radius 3 is 2.70 bits per heavy atom. The number of carbonyl (C=O) groups is 2. The first kappa shape index (κ1) is 15.9. The monoisotopic (exact) mass is 332 g/mol. The number of thioether (sulfide) groups is 1. The third-order valence-corrected chi connectivity index (χ3v) is 8.60. The first-order valence-corrected chi connectivity index (χ1v) is 10.7. The fourth-order valence-electron chi connectivity index (χ4n) is 6.66. The number of ketones is 2. The second-order valence-electron chi connectivity index (χ2n) is 8.56. The average Bonchev–Trinajstić information content (AvgIpc) is 2.84. The van der Waals surface area contributed by atoms with E-state index in [2.05, 4.69) is 13.2 Å². The van der Waals surface area contributed by atoms with Gasteiger partial charge in [-0.1, -0.05) is 12.5 Å². The molecule has 0 aromatic carbocycles. The van der Waals surface area contributed by atoms with Crippen LogP contribution >= 0.6 is 11.8 Å². The van der Waals surface area contributed by atoms with Crippen LogP contribution in [0.1, 0.15) is 58.3 Å². The molecule has 0 aliphatic heterocycles. The lowest BCUT2D eigenvalue weighted by Gasteiger charge is -2.58. The minimum absolute atomic E-state index is 0.0343. The lowest BCUT2D eigenvalue weighted by Crippen LogP contribution is -2.52. The molecule has 0 aromatic rings. The second-order valence-corrected chi connectivity index (χ2v) is 9.42. The van der Waals surface area contributed by atoms with Gasteiger partial charge in [0, 0.05) is 29.4 Å². The van der Waals surface area contributed by atoms with Gasteiger partial charge in [0.05, 0.1) is 0 Å². The topological polar surface area (TPSA) is 34.1 Å². The summed E-state index contributed by atoms with van der Waals surface area (Å²) in [5.41, 5.74) is 1.67. The minimum atomic E-state index is -0.0343. The van der Waals surface area contributed by atoms with Crippen molar-refractivity contribution in [2.45, 2.75) is 58.3 Å². The Morgan fingerprint density at radius 1 is 1.09 bits per heavy atom. The molecule has 2 nitrogen and oxygen atoms in total. The van der Waals surface area contributed by atoms with Crippen molar-refractivity contribution in [3.63, 3.8) is 0 Å². The van der Waals surface area contributed by atoms with Crippen molar-refractivity contribution >= 4 is 23.3 Å². The SMILES string of the molecule is CSC[C@]12CCC(=O)C=C1CC[C@@H]1[C@H]2CC[C@]2(C)C(=O)CC[C@@H]12. The van der Waals surface area contributed by atoms with Crippen molar-refractivity contribution in [2.24, 2.45) is 28.6 Å². The maximum atomic E-state index is 12.5. The summed E-state index contributed by atoms with van der Waals surface area (Å²) in [6.07, 6.45) is 12.5. The molecular weight excluding hydrogens is 304 g/mol. The molecule has 0 spiro atoms. The molecule has 5 atom stereocenters. The number of rotatable bonds is 2. The predicted molar refractivity (Wildman–Crippen MR) is 94.4 cm³/mol. The summed E-state index contributed by atoms with van der Waals surface area (Å²) in [6.45, 7) is 2.25. The number of hydrogen-bond donors (Lipinski definition) is 0. The van der Waals surface area contributed by atoms with E-state index in [1.165, 1.54) is 18.4 Å². The number of allylic oxidation sites excluding steroid dienone is 1. The molecular formula is C20H28O2S. The highest BCUT2D eigenvalue weighted by molar-refractivity contribution is 7.98. The second kappa shape index (κ2) is 5.47. The molecule has 126 valence electrons. The molecule has 0 saturated heterocycles. The van der Waals surface area contributed by atoms with Crippen molar-refractivity contribution in [1.82, 2.24) is 0 Å². The summed E-state index contributed by atoms with van der Waals surface area (Å²) >= 11 is 1.95. The van der Waals surface area contributed by atoms with Crippen LogP contribution in [0.25, 0.3) is 0 Å². The number of hydrogen-bond acceptors (Lipinski definition) is 3. The van der Waals surface area contributed by atoms with Crippen LogP contribution in [0.3, 0.4) is 0 Å². The van der Waals surface area contributed by atoms with E-state index in [0.29, 0.717) is 29.3 Å². The van der Waals surface area contributed by atoms with Crippen LogP contribution in [0.5, 0.6) is 0 Å². The van der Waals surface area contributed by atoms with Crippen LogP contribution in [0.15, 0.2) is 11.6 Å². The normalized spacial score (nSPS) is 46.0. The molecule has 0 bridgehead atoms. The highest BCUT2D eigenvalue weighted by atomic mass is 32.2. The number of carbonyl (C=O) groups excluding carboxylic acids is 2. The van der Waals surface area contributed by atoms with Gasteiger partial charge in [-0.25, -0.2) is 0 Å². The number of fused-ring (bicyclic) bond motifs is 5. The zero-order valence-electron chi connectivity index (χ0n) is 14.4. The van der Waals surface area contributed by atoms with Gasteiger partial charge in [0.25, 0.3) is 0 Å². The maximum absolute atomic E-state index is 12.5. The van der Waals surface area contributed by atoms with E-state index in [1.807, 2.05) is 17.8 Å². The molecule has 4 rings (SSSR count). The standard InChI is InChI=1S/C20H28O2S/c1-19-9-8-17-15(16(19)5-6-18(19)22)4-3-13-11-14(21)7-10-20(13,17)12-23-2/h11,15-17H,3-10,12H2,1-2H3/t15-,16-,17+,19-,20+/m0/s1. The smallest absolute Gasteiger partial charge is 0.155 e. The molecule has 3 heteroatoms. The molecule has 3 fully saturated rings. The third-order valence-electron chi connectivity index (χ3n) is 7.80. The van der Waals surface area contributed by atoms with Gasteiger partial charge in [-0.3, -0.25) is 9.59 Å². The first-order valence-electron chi connectivity index (χ1n) is 9.27. The fourth-order valence-corrected chi connectivity index (χ4v) is 7.72. The lowest BCUT2D eigenvalue weighted by atomic mass is 9.47. The summed E-state index contributed by atoms with van der Waals surface area (Å²) in [5, 5.41) is 0. The van der Waals surface area contributed by atoms with Gasteiger partial charge < -0.3 is 0 Å². The molecule has 0 amide bonds. The summed E-state index contributed by atoms with van der Waals surface area (Å²) in [6, 6.07) is 0. The molecule has 0 radical (unpaired) electrons. The van der Waals surface area contributed by atoms with Gasteiger partial charge in [-0.2, -0.15) is 11.8 Å². The van der Waals surface area contributed by atoms with E-state index >= 15 is 0 Å². The van der Waals surface area contributed by atoms with Gasteiger partial charge in [0.15, 0.2) is 5.78 Å². The Balaban J connectivity index is 1.72. The van der Waals surface area contributed by atoms with Crippen molar-refractivity contribution in [1.29, 1.82) is 0 Å². The molecule has 0 N–H and O–H groups in total. The van der Waals surface area contributed by atoms with Crippen molar-refractivity contribution in [3.05, 3.63) is 11.6 Å². The Bertz CT molecular complexity index is 580. The molecule has 0 aromatic heterocycles. The van der Waals surface area contributed by atoms with Crippen LogP contribution in [-0.4, -0.2) is 23.6 Å². The molecule has 3 saturated carbocycles. The highest BCUT2D eigenvalue weighted by Crippen LogP contribution is 2.64. The van der Waals surface area contributed by atoms with E-state index in [-0.39, 0.29) is 10.8 Å². The zero-order chi connectivity index (χ0) is 16.2. The van der Waals surface area contributed by atoms with E-state index in [4.69, 9.17) is 0 Å². The van der Waals surface area contributed by atoms with Crippen molar-refractivity contribution in [2.75, 3.05) is 12.0 Å². The Labute approximate surface area is 143 Å². The van der Waals surface area contributed by atoms with Crippen LogP contribution in [0.2, 0.25) is 0 Å². The van der Waals surface area contributed by atoms with Crippen LogP contribution in [0, 0.1) is 28.6 Å². The lowest BCUT2D eigenvalue weighted by molar-refractivity contribution is -0.132. The average molecular weight is 333 g/mol. The maximum Gasteiger partial charge on any atom is 0.155 e. The molecule has 0 heterocycles. The van der Waals surface area contributed by atoms with Gasteiger partial charge >= 0.3 is 0 Å². The molecule has 0 unspecified atom stereocenters. The predicted octanol–water partition coefficient (Wildman–Crippen LogP) is 4.43. The Hall–Kier alpha value is -0.570. The van der Waals surface area contributed by atoms with Gasteiger partial charge in [0.1, 0.15) is 5.78 Å². The van der Waals surface area contributed by atoms with Crippen LogP contribution < -0.4 is 0 Å². The summed E-state index contributed by atoms with van der Waals surface area (Å²) < 4.78 is 0. The highest BCUT2D eigenvalue weighted by Gasteiger charge is 2.59. The van der Waals surface area contributed by atoms with Crippen molar-refractivity contribution < 1.29 is 9.59 Å².